The topological polar surface area (TPSA) is 90.4 Å². The van der Waals surface area contributed by atoms with Gasteiger partial charge >= 0.3 is 5.97 Å². The molecule has 0 unspecified atom stereocenters. The molecule has 0 saturated heterocycles. The summed E-state index contributed by atoms with van der Waals surface area (Å²) in [6.45, 7) is 7.17. The van der Waals surface area contributed by atoms with Gasteiger partial charge in [0.05, 0.1) is 40.8 Å². The van der Waals surface area contributed by atoms with Crippen LogP contribution < -0.4 is 10.1 Å². The molecule has 0 fully saturated rings. The average molecular weight is 393 g/mol. The van der Waals surface area contributed by atoms with Crippen LogP contribution >= 0.6 is 0 Å². The number of fused-ring (bicyclic) bond motifs is 1. The van der Waals surface area contributed by atoms with E-state index in [0.717, 1.165) is 17.0 Å². The molecule has 1 amide bonds. The van der Waals surface area contributed by atoms with Crippen molar-refractivity contribution < 1.29 is 19.1 Å². The maximum absolute atomic E-state index is 12.5. The van der Waals surface area contributed by atoms with Crippen molar-refractivity contribution in [3.8, 4) is 5.75 Å². The number of esters is 1. The first-order valence-electron chi connectivity index (χ1n) is 9.20. The Morgan fingerprint density at radius 1 is 0.966 bits per heavy atom. The van der Waals surface area contributed by atoms with Gasteiger partial charge in [-0.25, -0.2) is 14.8 Å². The third-order valence-electron chi connectivity index (χ3n) is 4.58. The summed E-state index contributed by atoms with van der Waals surface area (Å²) < 4.78 is 10.6. The summed E-state index contributed by atoms with van der Waals surface area (Å²) in [6.07, 6.45) is -0.991. The minimum Gasteiger partial charge on any atom is -0.495 e. The number of rotatable bonds is 5. The Hall–Kier alpha value is -3.48. The molecular weight excluding hydrogens is 370 g/mol. The summed E-state index contributed by atoms with van der Waals surface area (Å²) in [7, 11) is 1.52. The van der Waals surface area contributed by atoms with E-state index in [1.54, 1.807) is 30.3 Å². The smallest absolute Gasteiger partial charge is 0.338 e. The Labute approximate surface area is 169 Å². The van der Waals surface area contributed by atoms with Crippen LogP contribution in [-0.4, -0.2) is 35.1 Å². The molecule has 0 aliphatic heterocycles. The SMILES string of the molecule is COc1ccc(C)cc1NC(=O)[C@H](C)OC(=O)c1ccc2nc(C)c(C)nc2c1. The number of carbonyl (C=O) groups excluding carboxylic acids is 2. The number of aromatic nitrogens is 2. The highest BCUT2D eigenvalue weighted by Crippen LogP contribution is 2.25. The number of nitrogens with one attached hydrogen (secondary N) is 1. The standard InChI is InChI=1S/C22H23N3O4/c1-12-6-9-20(28-5)19(10-12)25-21(26)15(4)29-22(27)16-7-8-17-18(11-16)24-14(3)13(2)23-17/h6-11,15H,1-5H3,(H,25,26)/t15-/m0/s1. The number of methoxy groups -OCH3 is 1. The molecule has 7 heteroatoms. The molecule has 0 aliphatic rings. The van der Waals surface area contributed by atoms with Crippen molar-refractivity contribution >= 4 is 28.6 Å². The zero-order valence-corrected chi connectivity index (χ0v) is 17.1. The lowest BCUT2D eigenvalue weighted by atomic mass is 10.2. The first-order chi connectivity index (χ1) is 13.8. The zero-order chi connectivity index (χ0) is 21.1. The fraction of sp³-hybridized carbons (Fsp3) is 0.273. The second-order valence-electron chi connectivity index (χ2n) is 6.84. The monoisotopic (exact) mass is 393 g/mol. The van der Waals surface area contributed by atoms with Gasteiger partial charge in [0.25, 0.3) is 5.91 Å². The van der Waals surface area contributed by atoms with Gasteiger partial charge in [-0.3, -0.25) is 4.79 Å². The predicted molar refractivity (Wildman–Crippen MR) is 110 cm³/mol. The zero-order valence-electron chi connectivity index (χ0n) is 17.1. The molecule has 0 saturated carbocycles. The highest BCUT2D eigenvalue weighted by molar-refractivity contribution is 5.99. The summed E-state index contributed by atoms with van der Waals surface area (Å²) >= 11 is 0. The van der Waals surface area contributed by atoms with Gasteiger partial charge in [-0.2, -0.15) is 0 Å². The van der Waals surface area contributed by atoms with E-state index in [1.807, 2.05) is 26.8 Å². The molecule has 3 rings (SSSR count). The largest absolute Gasteiger partial charge is 0.495 e. The van der Waals surface area contributed by atoms with E-state index in [1.165, 1.54) is 14.0 Å². The number of aryl methyl sites for hydroxylation is 3. The van der Waals surface area contributed by atoms with Crippen LogP contribution in [0.1, 0.15) is 34.2 Å². The fourth-order valence-electron chi connectivity index (χ4n) is 2.79. The van der Waals surface area contributed by atoms with Crippen LogP contribution in [0.4, 0.5) is 5.69 Å². The summed E-state index contributed by atoms with van der Waals surface area (Å²) in [5.74, 6) is -0.527. The van der Waals surface area contributed by atoms with Crippen LogP contribution in [0.3, 0.4) is 0 Å². The Kier molecular flexibility index (Phi) is 5.77. The molecule has 0 spiro atoms. The first-order valence-corrected chi connectivity index (χ1v) is 9.20. The van der Waals surface area contributed by atoms with Gasteiger partial charge in [0.1, 0.15) is 5.75 Å². The van der Waals surface area contributed by atoms with Crippen LogP contribution in [0, 0.1) is 20.8 Å². The molecule has 150 valence electrons. The summed E-state index contributed by atoms with van der Waals surface area (Å²) in [5.41, 5.74) is 4.72. The van der Waals surface area contributed by atoms with E-state index >= 15 is 0 Å². The molecule has 29 heavy (non-hydrogen) atoms. The van der Waals surface area contributed by atoms with Crippen LogP contribution in [0.2, 0.25) is 0 Å². The molecular formula is C22H23N3O4. The van der Waals surface area contributed by atoms with Crippen molar-refractivity contribution in [2.75, 3.05) is 12.4 Å². The van der Waals surface area contributed by atoms with Crippen molar-refractivity contribution in [2.45, 2.75) is 33.8 Å². The van der Waals surface area contributed by atoms with E-state index in [-0.39, 0.29) is 0 Å². The molecule has 0 bridgehead atoms. The van der Waals surface area contributed by atoms with Crippen LogP contribution in [-0.2, 0) is 9.53 Å². The maximum Gasteiger partial charge on any atom is 0.338 e. The van der Waals surface area contributed by atoms with E-state index in [4.69, 9.17) is 9.47 Å². The Balaban J connectivity index is 1.73. The third-order valence-corrected chi connectivity index (χ3v) is 4.58. The molecule has 0 radical (unpaired) electrons. The number of anilines is 1. The molecule has 1 N–H and O–H groups in total. The van der Waals surface area contributed by atoms with Crippen molar-refractivity contribution in [1.82, 2.24) is 9.97 Å². The second kappa shape index (κ2) is 8.26. The maximum atomic E-state index is 12.5. The highest BCUT2D eigenvalue weighted by atomic mass is 16.5. The minimum absolute atomic E-state index is 0.308. The molecule has 2 aromatic carbocycles. The number of carbonyl (C=O) groups is 2. The molecule has 1 heterocycles. The van der Waals surface area contributed by atoms with Crippen molar-refractivity contribution in [2.24, 2.45) is 0 Å². The van der Waals surface area contributed by atoms with E-state index in [9.17, 15) is 9.59 Å². The van der Waals surface area contributed by atoms with Crippen LogP contribution in [0.25, 0.3) is 11.0 Å². The van der Waals surface area contributed by atoms with E-state index < -0.39 is 18.0 Å². The van der Waals surface area contributed by atoms with Crippen LogP contribution in [0.5, 0.6) is 5.75 Å². The third kappa shape index (κ3) is 4.51. The lowest BCUT2D eigenvalue weighted by Crippen LogP contribution is -2.30. The fourth-order valence-corrected chi connectivity index (χ4v) is 2.79. The normalized spacial score (nSPS) is 11.8. The Morgan fingerprint density at radius 3 is 2.34 bits per heavy atom. The first kappa shape index (κ1) is 20.3. The van der Waals surface area contributed by atoms with Crippen molar-refractivity contribution in [1.29, 1.82) is 0 Å². The Bertz CT molecular complexity index is 1090. The lowest BCUT2D eigenvalue weighted by Gasteiger charge is -2.16. The number of nitrogens with zero attached hydrogens (tertiary/aromatic N) is 2. The van der Waals surface area contributed by atoms with Gasteiger partial charge in [0, 0.05) is 0 Å². The predicted octanol–water partition coefficient (Wildman–Crippen LogP) is 3.75. The average Bonchev–Trinajstić information content (AvgIpc) is 2.68. The van der Waals surface area contributed by atoms with Gasteiger partial charge < -0.3 is 14.8 Å². The Morgan fingerprint density at radius 2 is 1.66 bits per heavy atom. The van der Waals surface area contributed by atoms with Gasteiger partial charge in [-0.05, 0) is 63.6 Å². The molecule has 3 aromatic rings. The summed E-state index contributed by atoms with van der Waals surface area (Å²) in [4.78, 5) is 33.9. The molecule has 0 aliphatic carbocycles. The number of ether oxygens (including phenoxy) is 2. The second-order valence-corrected chi connectivity index (χ2v) is 6.84. The quantitative estimate of drug-likeness (QED) is 0.664. The van der Waals surface area contributed by atoms with Gasteiger partial charge in [-0.15, -0.1) is 0 Å². The number of amides is 1. The number of hydrogen-bond donors (Lipinski definition) is 1. The molecule has 1 atom stereocenters. The van der Waals surface area contributed by atoms with Gasteiger partial charge in [0.15, 0.2) is 6.10 Å². The number of hydrogen-bond acceptors (Lipinski definition) is 6. The summed E-state index contributed by atoms with van der Waals surface area (Å²) in [5, 5.41) is 2.74. The van der Waals surface area contributed by atoms with Gasteiger partial charge in [-0.1, -0.05) is 6.07 Å². The highest BCUT2D eigenvalue weighted by Gasteiger charge is 2.21. The minimum atomic E-state index is -0.991. The van der Waals surface area contributed by atoms with Gasteiger partial charge in [0.2, 0.25) is 0 Å². The van der Waals surface area contributed by atoms with Crippen molar-refractivity contribution in [3.63, 3.8) is 0 Å². The molecule has 7 nitrogen and oxygen atoms in total. The molecule has 1 aromatic heterocycles. The van der Waals surface area contributed by atoms with Crippen molar-refractivity contribution in [3.05, 3.63) is 58.9 Å². The van der Waals surface area contributed by atoms with E-state index in [2.05, 4.69) is 15.3 Å². The lowest BCUT2D eigenvalue weighted by molar-refractivity contribution is -0.123. The van der Waals surface area contributed by atoms with E-state index in [0.29, 0.717) is 28.0 Å². The van der Waals surface area contributed by atoms with Crippen LogP contribution in [0.15, 0.2) is 36.4 Å². The number of benzene rings is 2. The summed E-state index contributed by atoms with van der Waals surface area (Å²) in [6, 6.07) is 10.4.